The lowest BCUT2D eigenvalue weighted by Gasteiger charge is -1.98. The maximum absolute atomic E-state index is 11.0. The van der Waals surface area contributed by atoms with E-state index in [4.69, 9.17) is 0 Å². The third-order valence-corrected chi connectivity index (χ3v) is 3.28. The first-order valence-electron chi connectivity index (χ1n) is 5.84. The van der Waals surface area contributed by atoms with Crippen LogP contribution in [0.25, 0.3) is 12.2 Å². The Labute approximate surface area is 128 Å². The van der Waals surface area contributed by atoms with E-state index >= 15 is 0 Å². The number of nitro groups is 2. The Balaban J connectivity index is 2.37. The minimum absolute atomic E-state index is 0.294. The summed E-state index contributed by atoms with van der Waals surface area (Å²) < 4.78 is 0.931. The first-order valence-corrected chi connectivity index (χ1v) is 6.63. The van der Waals surface area contributed by atoms with Crippen molar-refractivity contribution in [1.29, 1.82) is 0 Å². The molecule has 21 heavy (non-hydrogen) atoms. The molecule has 0 saturated heterocycles. The zero-order chi connectivity index (χ0) is 15.4. The zero-order valence-electron chi connectivity index (χ0n) is 10.6. The van der Waals surface area contributed by atoms with Gasteiger partial charge in [-0.2, -0.15) is 0 Å². The van der Waals surface area contributed by atoms with Crippen LogP contribution in [0.5, 0.6) is 0 Å². The number of hydrogen-bond acceptors (Lipinski definition) is 4. The minimum Gasteiger partial charge on any atom is -0.258 e. The molecule has 0 aromatic heterocycles. The van der Waals surface area contributed by atoms with Crippen LogP contribution in [0, 0.1) is 20.2 Å². The molecule has 0 N–H and O–H groups in total. The third kappa shape index (κ3) is 3.73. The SMILES string of the molecule is O=[N+]([O-])c1ccc(/C=C/c2ccc(Br)cc2)c([N+](=O)[O-])c1. The molecule has 0 spiro atoms. The molecular formula is C14H9BrN2O4. The quantitative estimate of drug-likeness (QED) is 0.464. The van der Waals surface area contributed by atoms with Gasteiger partial charge in [0.2, 0.25) is 0 Å². The highest BCUT2D eigenvalue weighted by Crippen LogP contribution is 2.26. The molecule has 0 aliphatic rings. The van der Waals surface area contributed by atoms with Gasteiger partial charge in [0, 0.05) is 10.5 Å². The molecule has 0 aliphatic heterocycles. The maximum Gasteiger partial charge on any atom is 0.283 e. The molecule has 0 aliphatic carbocycles. The van der Waals surface area contributed by atoms with Gasteiger partial charge in [-0.3, -0.25) is 20.2 Å². The molecule has 0 saturated carbocycles. The second-order valence-corrected chi connectivity index (χ2v) is 5.06. The lowest BCUT2D eigenvalue weighted by molar-refractivity contribution is -0.394. The summed E-state index contributed by atoms with van der Waals surface area (Å²) in [6.45, 7) is 0. The van der Waals surface area contributed by atoms with Crippen LogP contribution < -0.4 is 0 Å². The number of nitro benzene ring substituents is 2. The monoisotopic (exact) mass is 348 g/mol. The van der Waals surface area contributed by atoms with E-state index in [2.05, 4.69) is 15.9 Å². The van der Waals surface area contributed by atoms with Crippen molar-refractivity contribution in [3.63, 3.8) is 0 Å². The Bertz CT molecular complexity index is 726. The van der Waals surface area contributed by atoms with Crippen LogP contribution in [0.15, 0.2) is 46.9 Å². The third-order valence-electron chi connectivity index (χ3n) is 2.75. The summed E-state index contributed by atoms with van der Waals surface area (Å²) in [4.78, 5) is 20.4. The van der Waals surface area contributed by atoms with E-state index in [1.54, 1.807) is 12.2 Å². The number of hydrogen-bond donors (Lipinski definition) is 0. The zero-order valence-corrected chi connectivity index (χ0v) is 12.2. The van der Waals surface area contributed by atoms with Gasteiger partial charge in [-0.1, -0.05) is 34.1 Å². The smallest absolute Gasteiger partial charge is 0.258 e. The Hall–Kier alpha value is -2.54. The molecule has 7 heteroatoms. The summed E-state index contributed by atoms with van der Waals surface area (Å²) in [6, 6.07) is 11.0. The van der Waals surface area contributed by atoms with Gasteiger partial charge in [-0.25, -0.2) is 0 Å². The standard InChI is InChI=1S/C14H9BrN2O4/c15-12-6-2-10(3-7-12)1-4-11-5-8-13(16(18)19)9-14(11)17(20)21/h1-9H/b4-1+. The number of non-ortho nitro benzene ring substituents is 1. The molecule has 0 radical (unpaired) electrons. The molecule has 6 nitrogen and oxygen atoms in total. The topological polar surface area (TPSA) is 86.3 Å². The molecule has 0 unspecified atom stereocenters. The fourth-order valence-electron chi connectivity index (χ4n) is 1.70. The predicted molar refractivity (Wildman–Crippen MR) is 82.8 cm³/mol. The molecule has 0 heterocycles. The predicted octanol–water partition coefficient (Wildman–Crippen LogP) is 4.44. The van der Waals surface area contributed by atoms with Crippen LogP contribution in [0.2, 0.25) is 0 Å². The van der Waals surface area contributed by atoms with Gasteiger partial charge in [0.15, 0.2) is 0 Å². The Morgan fingerprint density at radius 2 is 1.57 bits per heavy atom. The number of halogens is 1. The largest absolute Gasteiger partial charge is 0.283 e. The Morgan fingerprint density at radius 3 is 2.14 bits per heavy atom. The number of nitrogens with zero attached hydrogens (tertiary/aromatic N) is 2. The van der Waals surface area contributed by atoms with E-state index in [0.717, 1.165) is 16.1 Å². The Kier molecular flexibility index (Phi) is 4.44. The lowest BCUT2D eigenvalue weighted by Crippen LogP contribution is -1.94. The molecule has 2 rings (SSSR count). The molecule has 106 valence electrons. The van der Waals surface area contributed by atoms with Crippen LogP contribution in [-0.4, -0.2) is 9.85 Å². The second kappa shape index (κ2) is 6.27. The molecule has 0 atom stereocenters. The molecular weight excluding hydrogens is 340 g/mol. The van der Waals surface area contributed by atoms with Gasteiger partial charge in [-0.15, -0.1) is 0 Å². The summed E-state index contributed by atoms with van der Waals surface area (Å²) in [5.41, 5.74) is 0.583. The lowest BCUT2D eigenvalue weighted by atomic mass is 10.1. The highest BCUT2D eigenvalue weighted by Gasteiger charge is 2.17. The van der Waals surface area contributed by atoms with Crippen molar-refractivity contribution in [1.82, 2.24) is 0 Å². The van der Waals surface area contributed by atoms with Gasteiger partial charge in [0.25, 0.3) is 11.4 Å². The van der Waals surface area contributed by atoms with E-state index in [9.17, 15) is 20.2 Å². The van der Waals surface area contributed by atoms with Crippen molar-refractivity contribution >= 4 is 39.5 Å². The molecule has 2 aromatic carbocycles. The van der Waals surface area contributed by atoms with Gasteiger partial charge in [0.05, 0.1) is 21.5 Å². The molecule has 0 fully saturated rings. The second-order valence-electron chi connectivity index (χ2n) is 4.14. The van der Waals surface area contributed by atoms with Crippen LogP contribution >= 0.6 is 15.9 Å². The fraction of sp³-hybridized carbons (Fsp3) is 0. The highest BCUT2D eigenvalue weighted by atomic mass is 79.9. The van der Waals surface area contributed by atoms with E-state index < -0.39 is 9.85 Å². The van der Waals surface area contributed by atoms with Crippen LogP contribution in [0.3, 0.4) is 0 Å². The first kappa shape index (κ1) is 14.9. The average molecular weight is 349 g/mol. The van der Waals surface area contributed by atoms with Crippen LogP contribution in [0.4, 0.5) is 11.4 Å². The summed E-state index contributed by atoms with van der Waals surface area (Å²) in [5.74, 6) is 0. The van der Waals surface area contributed by atoms with Gasteiger partial charge < -0.3 is 0 Å². The highest BCUT2D eigenvalue weighted by molar-refractivity contribution is 9.10. The first-order chi connectivity index (χ1) is 9.97. The minimum atomic E-state index is -0.658. The molecule has 0 bridgehead atoms. The Morgan fingerprint density at radius 1 is 0.905 bits per heavy atom. The summed E-state index contributed by atoms with van der Waals surface area (Å²) in [7, 11) is 0. The molecule has 2 aromatic rings. The van der Waals surface area contributed by atoms with Gasteiger partial charge >= 0.3 is 0 Å². The van der Waals surface area contributed by atoms with E-state index in [-0.39, 0.29) is 11.4 Å². The molecule has 0 amide bonds. The number of rotatable bonds is 4. The summed E-state index contributed by atoms with van der Waals surface area (Å²) in [5, 5.41) is 21.7. The van der Waals surface area contributed by atoms with E-state index in [1.807, 2.05) is 24.3 Å². The maximum atomic E-state index is 11.0. The fourth-order valence-corrected chi connectivity index (χ4v) is 1.97. The van der Waals surface area contributed by atoms with Crippen molar-refractivity contribution in [2.24, 2.45) is 0 Å². The van der Waals surface area contributed by atoms with Crippen molar-refractivity contribution < 1.29 is 9.85 Å². The van der Waals surface area contributed by atoms with E-state index in [0.29, 0.717) is 5.56 Å². The van der Waals surface area contributed by atoms with Crippen LogP contribution in [-0.2, 0) is 0 Å². The van der Waals surface area contributed by atoms with Crippen molar-refractivity contribution in [3.8, 4) is 0 Å². The van der Waals surface area contributed by atoms with E-state index in [1.165, 1.54) is 12.1 Å². The van der Waals surface area contributed by atoms with Crippen LogP contribution in [0.1, 0.15) is 11.1 Å². The van der Waals surface area contributed by atoms with Gasteiger partial charge in [0.1, 0.15) is 0 Å². The number of benzene rings is 2. The van der Waals surface area contributed by atoms with Crippen molar-refractivity contribution in [3.05, 3.63) is 78.3 Å². The van der Waals surface area contributed by atoms with Crippen molar-refractivity contribution in [2.45, 2.75) is 0 Å². The van der Waals surface area contributed by atoms with Gasteiger partial charge in [-0.05, 0) is 29.8 Å². The normalized spacial score (nSPS) is 10.7. The average Bonchev–Trinajstić information content (AvgIpc) is 2.46. The van der Waals surface area contributed by atoms with Crippen molar-refractivity contribution in [2.75, 3.05) is 0 Å². The summed E-state index contributed by atoms with van der Waals surface area (Å²) in [6.07, 6.45) is 3.27. The summed E-state index contributed by atoms with van der Waals surface area (Å²) >= 11 is 3.32.